The zero-order valence-electron chi connectivity index (χ0n) is 16.5. The summed E-state index contributed by atoms with van der Waals surface area (Å²) >= 11 is 0. The summed E-state index contributed by atoms with van der Waals surface area (Å²) in [6.45, 7) is 4.88. The molecule has 0 aromatic heterocycles. The Labute approximate surface area is 158 Å². The van der Waals surface area contributed by atoms with Gasteiger partial charge in [0.2, 0.25) is 5.91 Å². The van der Waals surface area contributed by atoms with Gasteiger partial charge in [-0.15, -0.1) is 0 Å². The highest BCUT2D eigenvalue weighted by Crippen LogP contribution is 2.08. The van der Waals surface area contributed by atoms with Crippen molar-refractivity contribution < 1.29 is 24.5 Å². The number of nitrogens with one attached hydrogen (secondary N) is 1. The lowest BCUT2D eigenvalue weighted by Crippen LogP contribution is -2.39. The highest BCUT2D eigenvalue weighted by molar-refractivity contribution is 5.75. The van der Waals surface area contributed by atoms with Crippen LogP contribution in [-0.4, -0.2) is 72.5 Å². The average molecular weight is 375 g/mol. The number of carbonyl (C=O) groups is 2. The Morgan fingerprint density at radius 2 is 1.73 bits per heavy atom. The number of unbranched alkanes of at least 4 members (excludes halogenated alkanes) is 6. The van der Waals surface area contributed by atoms with Gasteiger partial charge in [-0.25, -0.2) is 0 Å². The first-order valence-corrected chi connectivity index (χ1v) is 9.93. The lowest BCUT2D eigenvalue weighted by molar-refractivity contribution is -0.147. The Morgan fingerprint density at radius 3 is 2.35 bits per heavy atom. The SMILES string of the molecule is CCCCCCCCCC(=O)NCCN(CCO)CC(=O)OCC(C)O. The largest absolute Gasteiger partial charge is 0.462 e. The van der Waals surface area contributed by atoms with Crippen molar-refractivity contribution in [1.29, 1.82) is 0 Å². The van der Waals surface area contributed by atoms with E-state index in [1.807, 2.05) is 0 Å². The Bertz CT molecular complexity index is 364. The fourth-order valence-corrected chi connectivity index (χ4v) is 2.54. The maximum Gasteiger partial charge on any atom is 0.320 e. The molecule has 0 aromatic rings. The van der Waals surface area contributed by atoms with Crippen LogP contribution >= 0.6 is 0 Å². The number of rotatable bonds is 17. The molecule has 0 aromatic carbocycles. The predicted molar refractivity (Wildman–Crippen MR) is 102 cm³/mol. The lowest BCUT2D eigenvalue weighted by atomic mass is 10.1. The summed E-state index contributed by atoms with van der Waals surface area (Å²) in [6.07, 6.45) is 8.07. The number of esters is 1. The molecule has 0 saturated carbocycles. The molecule has 0 aliphatic rings. The van der Waals surface area contributed by atoms with Crippen molar-refractivity contribution >= 4 is 11.9 Å². The Kier molecular flexibility index (Phi) is 16.5. The molecule has 3 N–H and O–H groups in total. The summed E-state index contributed by atoms with van der Waals surface area (Å²) < 4.78 is 4.91. The van der Waals surface area contributed by atoms with E-state index in [1.165, 1.54) is 32.1 Å². The Morgan fingerprint density at radius 1 is 1.08 bits per heavy atom. The normalized spacial score (nSPS) is 12.2. The summed E-state index contributed by atoms with van der Waals surface area (Å²) in [6, 6.07) is 0. The van der Waals surface area contributed by atoms with Gasteiger partial charge in [0.05, 0.1) is 19.3 Å². The number of nitrogens with zero attached hydrogens (tertiary/aromatic N) is 1. The van der Waals surface area contributed by atoms with E-state index in [1.54, 1.807) is 11.8 Å². The van der Waals surface area contributed by atoms with Crippen LogP contribution in [0.25, 0.3) is 0 Å². The monoisotopic (exact) mass is 374 g/mol. The van der Waals surface area contributed by atoms with E-state index < -0.39 is 12.1 Å². The maximum atomic E-state index is 11.8. The van der Waals surface area contributed by atoms with Crippen molar-refractivity contribution in [2.75, 3.05) is 39.4 Å². The highest BCUT2D eigenvalue weighted by Gasteiger charge is 2.12. The van der Waals surface area contributed by atoms with Gasteiger partial charge in [0.1, 0.15) is 6.61 Å². The minimum Gasteiger partial charge on any atom is -0.462 e. The van der Waals surface area contributed by atoms with Crippen molar-refractivity contribution in [3.05, 3.63) is 0 Å². The maximum absolute atomic E-state index is 11.8. The number of amides is 1. The Balaban J connectivity index is 3.79. The standard InChI is InChI=1S/C19H38N2O5/c1-3-4-5-6-7-8-9-10-18(24)20-11-12-21(13-14-22)15-19(25)26-16-17(2)23/h17,22-23H,3-16H2,1-2H3,(H,20,24). The van der Waals surface area contributed by atoms with Crippen molar-refractivity contribution in [3.63, 3.8) is 0 Å². The molecule has 1 atom stereocenters. The van der Waals surface area contributed by atoms with Crippen LogP contribution in [0.1, 0.15) is 65.2 Å². The van der Waals surface area contributed by atoms with Gasteiger partial charge in [0.25, 0.3) is 0 Å². The van der Waals surface area contributed by atoms with E-state index in [0.29, 0.717) is 26.1 Å². The van der Waals surface area contributed by atoms with Gasteiger partial charge in [-0.05, 0) is 13.3 Å². The second kappa shape index (κ2) is 17.2. The van der Waals surface area contributed by atoms with Crippen molar-refractivity contribution in [3.8, 4) is 0 Å². The first kappa shape index (κ1) is 24.8. The molecule has 0 heterocycles. The molecule has 0 radical (unpaired) electrons. The minimum absolute atomic E-state index is 0.0270. The minimum atomic E-state index is -0.698. The van der Waals surface area contributed by atoms with Crippen LogP contribution < -0.4 is 5.32 Å². The van der Waals surface area contributed by atoms with Gasteiger partial charge in [0, 0.05) is 26.1 Å². The summed E-state index contributed by atoms with van der Waals surface area (Å²) in [4.78, 5) is 25.2. The molecule has 7 heteroatoms. The number of aliphatic hydroxyl groups is 2. The van der Waals surface area contributed by atoms with E-state index in [-0.39, 0.29) is 25.7 Å². The molecule has 26 heavy (non-hydrogen) atoms. The van der Waals surface area contributed by atoms with Crippen molar-refractivity contribution in [2.24, 2.45) is 0 Å². The molecule has 0 bridgehead atoms. The zero-order chi connectivity index (χ0) is 19.6. The predicted octanol–water partition coefficient (Wildman–Crippen LogP) is 1.46. The van der Waals surface area contributed by atoms with Gasteiger partial charge in [-0.2, -0.15) is 0 Å². The molecule has 1 unspecified atom stereocenters. The topological polar surface area (TPSA) is 99.1 Å². The molecule has 0 fully saturated rings. The van der Waals surface area contributed by atoms with Crippen LogP contribution in [-0.2, 0) is 14.3 Å². The van der Waals surface area contributed by atoms with E-state index in [0.717, 1.165) is 12.8 Å². The lowest BCUT2D eigenvalue weighted by Gasteiger charge is -2.20. The van der Waals surface area contributed by atoms with Gasteiger partial charge in [-0.1, -0.05) is 45.4 Å². The molecule has 0 spiro atoms. The number of aliphatic hydroxyl groups excluding tert-OH is 2. The van der Waals surface area contributed by atoms with Gasteiger partial charge < -0.3 is 20.3 Å². The summed E-state index contributed by atoms with van der Waals surface area (Å²) in [7, 11) is 0. The Hall–Kier alpha value is -1.18. The average Bonchev–Trinajstić information content (AvgIpc) is 2.59. The number of hydrogen-bond acceptors (Lipinski definition) is 6. The van der Waals surface area contributed by atoms with E-state index in [4.69, 9.17) is 14.9 Å². The second-order valence-electron chi connectivity index (χ2n) is 6.75. The second-order valence-corrected chi connectivity index (χ2v) is 6.75. The smallest absolute Gasteiger partial charge is 0.320 e. The van der Waals surface area contributed by atoms with Crippen molar-refractivity contribution in [2.45, 2.75) is 71.3 Å². The fourth-order valence-electron chi connectivity index (χ4n) is 2.54. The first-order chi connectivity index (χ1) is 12.5. The fraction of sp³-hybridized carbons (Fsp3) is 0.895. The quantitative estimate of drug-likeness (QED) is 0.263. The molecule has 1 amide bonds. The third kappa shape index (κ3) is 16.3. The van der Waals surface area contributed by atoms with Crippen LogP contribution in [0.5, 0.6) is 0 Å². The molecule has 0 aliphatic carbocycles. The number of ether oxygens (including phenoxy) is 1. The molecular weight excluding hydrogens is 336 g/mol. The number of hydrogen-bond donors (Lipinski definition) is 3. The van der Waals surface area contributed by atoms with Crippen LogP contribution in [0, 0.1) is 0 Å². The van der Waals surface area contributed by atoms with Gasteiger partial charge in [0.15, 0.2) is 0 Å². The molecular formula is C19H38N2O5. The highest BCUT2D eigenvalue weighted by atomic mass is 16.5. The summed E-state index contributed by atoms with van der Waals surface area (Å²) in [5, 5.41) is 21.0. The third-order valence-electron chi connectivity index (χ3n) is 4.01. The molecule has 154 valence electrons. The van der Waals surface area contributed by atoms with Gasteiger partial charge >= 0.3 is 5.97 Å². The van der Waals surface area contributed by atoms with E-state index in [2.05, 4.69) is 12.2 Å². The van der Waals surface area contributed by atoms with E-state index in [9.17, 15) is 9.59 Å². The molecule has 7 nitrogen and oxygen atoms in total. The molecule has 0 aliphatic heterocycles. The molecule has 0 rings (SSSR count). The van der Waals surface area contributed by atoms with Gasteiger partial charge in [-0.3, -0.25) is 14.5 Å². The number of carbonyl (C=O) groups excluding carboxylic acids is 2. The van der Waals surface area contributed by atoms with E-state index >= 15 is 0 Å². The van der Waals surface area contributed by atoms with Crippen LogP contribution in [0.15, 0.2) is 0 Å². The van der Waals surface area contributed by atoms with Crippen LogP contribution in [0.4, 0.5) is 0 Å². The summed E-state index contributed by atoms with van der Waals surface area (Å²) in [5.41, 5.74) is 0. The zero-order valence-corrected chi connectivity index (χ0v) is 16.5. The van der Waals surface area contributed by atoms with Crippen LogP contribution in [0.3, 0.4) is 0 Å². The molecule has 0 saturated heterocycles. The van der Waals surface area contributed by atoms with Crippen LogP contribution in [0.2, 0.25) is 0 Å². The summed E-state index contributed by atoms with van der Waals surface area (Å²) in [5.74, 6) is -0.423. The van der Waals surface area contributed by atoms with Crippen molar-refractivity contribution in [1.82, 2.24) is 10.2 Å². The first-order valence-electron chi connectivity index (χ1n) is 9.93. The third-order valence-corrected chi connectivity index (χ3v) is 4.01.